The van der Waals surface area contributed by atoms with Crippen molar-refractivity contribution in [2.24, 2.45) is 0 Å². The first kappa shape index (κ1) is 13.4. The second-order valence-electron chi connectivity index (χ2n) is 5.99. The van der Waals surface area contributed by atoms with Crippen LogP contribution in [0.1, 0.15) is 44.1 Å². The van der Waals surface area contributed by atoms with Crippen LogP contribution >= 0.6 is 11.6 Å². The lowest BCUT2D eigenvalue weighted by molar-refractivity contribution is 0.00851. The summed E-state index contributed by atoms with van der Waals surface area (Å²) in [4.78, 5) is 0. The predicted molar refractivity (Wildman–Crippen MR) is 78.8 cm³/mol. The fraction of sp³-hybridized carbons (Fsp3) is 0.625. The molecular formula is C16H22ClNO. The Kier molecular flexibility index (Phi) is 4.11. The van der Waals surface area contributed by atoms with Crippen molar-refractivity contribution in [2.45, 2.75) is 56.7 Å². The lowest BCUT2D eigenvalue weighted by Gasteiger charge is -2.40. The van der Waals surface area contributed by atoms with Crippen LogP contribution in [0.3, 0.4) is 0 Å². The topological polar surface area (TPSA) is 21.3 Å². The smallest absolute Gasteiger partial charge is 0.0561 e. The first-order valence-electron chi connectivity index (χ1n) is 7.34. The van der Waals surface area contributed by atoms with Gasteiger partial charge in [0.2, 0.25) is 0 Å². The van der Waals surface area contributed by atoms with E-state index < -0.39 is 0 Å². The van der Waals surface area contributed by atoms with Crippen LogP contribution in [0.4, 0.5) is 0 Å². The highest BCUT2D eigenvalue weighted by molar-refractivity contribution is 6.30. The van der Waals surface area contributed by atoms with Gasteiger partial charge in [0, 0.05) is 23.7 Å². The Hall–Kier alpha value is -0.570. The van der Waals surface area contributed by atoms with Crippen LogP contribution in [0.25, 0.3) is 0 Å². The van der Waals surface area contributed by atoms with E-state index in [9.17, 15) is 0 Å². The summed E-state index contributed by atoms with van der Waals surface area (Å²) < 4.78 is 5.59. The summed E-state index contributed by atoms with van der Waals surface area (Å²) in [5.41, 5.74) is 1.39. The Morgan fingerprint density at radius 2 is 2.05 bits per heavy atom. The number of hydrogen-bond donors (Lipinski definition) is 1. The predicted octanol–water partition coefficient (Wildman–Crippen LogP) is 3.74. The average molecular weight is 280 g/mol. The molecule has 1 N–H and O–H groups in total. The molecule has 3 rings (SSSR count). The van der Waals surface area contributed by atoms with E-state index in [0.29, 0.717) is 24.1 Å². The van der Waals surface area contributed by atoms with E-state index in [4.69, 9.17) is 16.3 Å². The number of rotatable bonds is 3. The molecule has 1 aliphatic carbocycles. The highest BCUT2D eigenvalue weighted by Gasteiger charge is 2.32. The van der Waals surface area contributed by atoms with E-state index in [-0.39, 0.29) is 0 Å². The van der Waals surface area contributed by atoms with Gasteiger partial charge in [-0.3, -0.25) is 0 Å². The van der Waals surface area contributed by atoms with Crippen LogP contribution in [-0.4, -0.2) is 24.8 Å². The van der Waals surface area contributed by atoms with Gasteiger partial charge >= 0.3 is 0 Å². The van der Waals surface area contributed by atoms with E-state index in [1.54, 1.807) is 0 Å². The largest absolute Gasteiger partial charge is 0.378 e. The molecular weight excluding hydrogens is 258 g/mol. The Morgan fingerprint density at radius 1 is 1.21 bits per heavy atom. The van der Waals surface area contributed by atoms with Crippen LogP contribution in [0.2, 0.25) is 5.02 Å². The molecule has 2 unspecified atom stereocenters. The summed E-state index contributed by atoms with van der Waals surface area (Å²) in [7, 11) is 0. The maximum atomic E-state index is 6.05. The minimum Gasteiger partial charge on any atom is -0.378 e. The Morgan fingerprint density at radius 3 is 2.79 bits per heavy atom. The number of ether oxygens (including phenoxy) is 1. The van der Waals surface area contributed by atoms with Gasteiger partial charge in [0.25, 0.3) is 0 Å². The molecule has 1 aromatic rings. The zero-order chi connectivity index (χ0) is 13.2. The summed E-state index contributed by atoms with van der Waals surface area (Å²) in [6, 6.07) is 9.64. The molecule has 1 saturated heterocycles. The van der Waals surface area contributed by atoms with Crippen molar-refractivity contribution in [3.8, 4) is 0 Å². The molecule has 0 amide bonds. The molecule has 1 saturated carbocycles. The quantitative estimate of drug-likeness (QED) is 0.910. The maximum absolute atomic E-state index is 6.05. The molecule has 2 fully saturated rings. The molecule has 1 aliphatic heterocycles. The molecule has 2 aliphatic rings. The lowest BCUT2D eigenvalue weighted by atomic mass is 9.75. The van der Waals surface area contributed by atoms with Crippen molar-refractivity contribution in [1.29, 1.82) is 0 Å². The van der Waals surface area contributed by atoms with Crippen molar-refractivity contribution in [2.75, 3.05) is 6.61 Å². The molecule has 104 valence electrons. The molecule has 3 heteroatoms. The average Bonchev–Trinajstić information content (AvgIpc) is 2.33. The molecule has 19 heavy (non-hydrogen) atoms. The Balaban J connectivity index is 1.47. The van der Waals surface area contributed by atoms with Gasteiger partial charge in [0.05, 0.1) is 6.10 Å². The van der Waals surface area contributed by atoms with Crippen molar-refractivity contribution >= 4 is 11.6 Å². The third-order valence-corrected chi connectivity index (χ3v) is 4.65. The highest BCUT2D eigenvalue weighted by Crippen LogP contribution is 2.38. The van der Waals surface area contributed by atoms with E-state index in [1.807, 2.05) is 6.07 Å². The third-order valence-electron chi connectivity index (χ3n) is 4.41. The van der Waals surface area contributed by atoms with Crippen molar-refractivity contribution in [1.82, 2.24) is 5.32 Å². The minimum absolute atomic E-state index is 0.412. The SMILES string of the molecule is CC1CC(NC2CC(c3cccc(Cl)c3)C2)CCO1. The van der Waals surface area contributed by atoms with Crippen molar-refractivity contribution < 1.29 is 4.74 Å². The van der Waals surface area contributed by atoms with Crippen LogP contribution < -0.4 is 5.32 Å². The summed E-state index contributed by atoms with van der Waals surface area (Å²) in [6.07, 6.45) is 5.20. The molecule has 2 nitrogen and oxygen atoms in total. The second kappa shape index (κ2) is 5.82. The van der Waals surface area contributed by atoms with Gasteiger partial charge in [-0.25, -0.2) is 0 Å². The monoisotopic (exact) mass is 279 g/mol. The normalized spacial score (nSPS) is 34.8. The van der Waals surface area contributed by atoms with Gasteiger partial charge in [0.15, 0.2) is 0 Å². The minimum atomic E-state index is 0.412. The summed E-state index contributed by atoms with van der Waals surface area (Å²) >= 11 is 6.05. The lowest BCUT2D eigenvalue weighted by Crippen LogP contribution is -2.48. The van der Waals surface area contributed by atoms with Crippen LogP contribution in [0.15, 0.2) is 24.3 Å². The third kappa shape index (κ3) is 3.31. The summed E-state index contributed by atoms with van der Waals surface area (Å²) in [6.45, 7) is 3.08. The van der Waals surface area contributed by atoms with E-state index >= 15 is 0 Å². The van der Waals surface area contributed by atoms with Gasteiger partial charge in [-0.15, -0.1) is 0 Å². The number of hydrogen-bond acceptors (Lipinski definition) is 2. The number of halogens is 1. The van der Waals surface area contributed by atoms with Gasteiger partial charge < -0.3 is 10.1 Å². The van der Waals surface area contributed by atoms with Crippen LogP contribution in [0.5, 0.6) is 0 Å². The van der Waals surface area contributed by atoms with E-state index in [2.05, 4.69) is 30.4 Å². The molecule has 1 aromatic carbocycles. The molecule has 1 heterocycles. The summed E-state index contributed by atoms with van der Waals surface area (Å²) in [5, 5.41) is 4.64. The first-order chi connectivity index (χ1) is 9.20. The molecule has 0 radical (unpaired) electrons. The molecule has 0 bridgehead atoms. The fourth-order valence-corrected chi connectivity index (χ4v) is 3.47. The fourth-order valence-electron chi connectivity index (χ4n) is 3.27. The number of benzene rings is 1. The highest BCUT2D eigenvalue weighted by atomic mass is 35.5. The zero-order valence-corrected chi connectivity index (χ0v) is 12.2. The van der Waals surface area contributed by atoms with Crippen LogP contribution in [0, 0.1) is 0 Å². The maximum Gasteiger partial charge on any atom is 0.0561 e. The van der Waals surface area contributed by atoms with Gasteiger partial charge in [0.1, 0.15) is 0 Å². The van der Waals surface area contributed by atoms with Crippen LogP contribution in [-0.2, 0) is 4.74 Å². The van der Waals surface area contributed by atoms with Crippen molar-refractivity contribution in [3.05, 3.63) is 34.9 Å². The number of nitrogens with one attached hydrogen (secondary N) is 1. The zero-order valence-electron chi connectivity index (χ0n) is 11.4. The first-order valence-corrected chi connectivity index (χ1v) is 7.71. The summed E-state index contributed by atoms with van der Waals surface area (Å²) in [5.74, 6) is 0.688. The second-order valence-corrected chi connectivity index (χ2v) is 6.43. The molecule has 2 atom stereocenters. The standard InChI is InChI=1S/C16H22ClNO/c1-11-7-15(5-6-19-11)18-16-9-13(10-16)12-3-2-4-14(17)8-12/h2-4,8,11,13,15-16,18H,5-7,9-10H2,1H3. The molecule has 0 aromatic heterocycles. The van der Waals surface area contributed by atoms with Gasteiger partial charge in [-0.1, -0.05) is 23.7 Å². The molecule has 0 spiro atoms. The van der Waals surface area contributed by atoms with E-state index in [0.717, 1.165) is 24.5 Å². The van der Waals surface area contributed by atoms with Gasteiger partial charge in [-0.05, 0) is 56.2 Å². The van der Waals surface area contributed by atoms with E-state index in [1.165, 1.54) is 18.4 Å². The Labute approximate surface area is 120 Å². The van der Waals surface area contributed by atoms with Gasteiger partial charge in [-0.2, -0.15) is 0 Å². The van der Waals surface area contributed by atoms with Crippen molar-refractivity contribution in [3.63, 3.8) is 0 Å². The Bertz CT molecular complexity index is 431.